The standard InChI is InChI=1S/C16H25N3O3/c1-4-12(2)19-16(21)13-5-7-14(8-6-13)18-11-15(20)17-9-10-22-3/h5-8,12,18H,4,9-11H2,1-3H3,(H,17,20)(H,19,21). The molecule has 0 aliphatic carbocycles. The molecule has 1 atom stereocenters. The number of hydrogen-bond acceptors (Lipinski definition) is 4. The quantitative estimate of drug-likeness (QED) is 0.602. The summed E-state index contributed by atoms with van der Waals surface area (Å²) in [5.74, 6) is -0.186. The molecule has 22 heavy (non-hydrogen) atoms. The average Bonchev–Trinajstić information content (AvgIpc) is 2.53. The average molecular weight is 307 g/mol. The van der Waals surface area contributed by atoms with E-state index in [2.05, 4.69) is 16.0 Å². The van der Waals surface area contributed by atoms with Crippen molar-refractivity contribution in [1.29, 1.82) is 0 Å². The highest BCUT2D eigenvalue weighted by molar-refractivity contribution is 5.94. The van der Waals surface area contributed by atoms with Gasteiger partial charge >= 0.3 is 0 Å². The topological polar surface area (TPSA) is 79.5 Å². The normalized spacial score (nSPS) is 11.6. The number of rotatable bonds is 9. The maximum atomic E-state index is 11.9. The molecule has 0 heterocycles. The van der Waals surface area contributed by atoms with Gasteiger partial charge < -0.3 is 20.7 Å². The second-order valence-electron chi connectivity index (χ2n) is 5.06. The number of benzene rings is 1. The SMILES string of the molecule is CCC(C)NC(=O)c1ccc(NCC(=O)NCCOC)cc1. The zero-order valence-electron chi connectivity index (χ0n) is 13.4. The van der Waals surface area contributed by atoms with E-state index in [9.17, 15) is 9.59 Å². The van der Waals surface area contributed by atoms with Gasteiger partial charge in [-0.3, -0.25) is 9.59 Å². The second-order valence-corrected chi connectivity index (χ2v) is 5.06. The van der Waals surface area contributed by atoms with Gasteiger partial charge in [0.05, 0.1) is 13.2 Å². The van der Waals surface area contributed by atoms with Gasteiger partial charge in [-0.25, -0.2) is 0 Å². The van der Waals surface area contributed by atoms with Crippen LogP contribution in [0.1, 0.15) is 30.6 Å². The number of nitrogens with one attached hydrogen (secondary N) is 3. The fourth-order valence-electron chi connectivity index (χ4n) is 1.69. The van der Waals surface area contributed by atoms with Gasteiger partial charge in [0, 0.05) is 30.9 Å². The van der Waals surface area contributed by atoms with Crippen LogP contribution < -0.4 is 16.0 Å². The molecule has 0 aromatic heterocycles. The van der Waals surface area contributed by atoms with E-state index in [4.69, 9.17) is 4.74 Å². The van der Waals surface area contributed by atoms with Gasteiger partial charge in [0.25, 0.3) is 5.91 Å². The van der Waals surface area contributed by atoms with Crippen LogP contribution >= 0.6 is 0 Å². The number of hydrogen-bond donors (Lipinski definition) is 3. The van der Waals surface area contributed by atoms with E-state index < -0.39 is 0 Å². The molecule has 2 amide bonds. The Labute approximate surface area is 131 Å². The number of carbonyl (C=O) groups is 2. The predicted molar refractivity (Wildman–Crippen MR) is 87.0 cm³/mol. The van der Waals surface area contributed by atoms with E-state index in [1.807, 2.05) is 13.8 Å². The monoisotopic (exact) mass is 307 g/mol. The number of methoxy groups -OCH3 is 1. The Morgan fingerprint density at radius 3 is 2.50 bits per heavy atom. The third-order valence-corrected chi connectivity index (χ3v) is 3.22. The first-order valence-corrected chi connectivity index (χ1v) is 7.47. The molecule has 6 nitrogen and oxygen atoms in total. The summed E-state index contributed by atoms with van der Waals surface area (Å²) < 4.78 is 4.85. The van der Waals surface area contributed by atoms with E-state index in [1.54, 1.807) is 31.4 Å². The van der Waals surface area contributed by atoms with Crippen molar-refractivity contribution in [3.63, 3.8) is 0 Å². The maximum absolute atomic E-state index is 11.9. The Bertz CT molecular complexity index is 474. The van der Waals surface area contributed by atoms with Crippen LogP contribution in [0.25, 0.3) is 0 Å². The lowest BCUT2D eigenvalue weighted by molar-refractivity contribution is -0.119. The van der Waals surface area contributed by atoms with E-state index in [-0.39, 0.29) is 24.4 Å². The minimum atomic E-state index is -0.101. The van der Waals surface area contributed by atoms with Gasteiger partial charge in [0.1, 0.15) is 0 Å². The third-order valence-electron chi connectivity index (χ3n) is 3.22. The molecule has 0 aliphatic heterocycles. The van der Waals surface area contributed by atoms with Crippen molar-refractivity contribution in [2.45, 2.75) is 26.3 Å². The van der Waals surface area contributed by atoms with Crippen molar-refractivity contribution in [1.82, 2.24) is 10.6 Å². The summed E-state index contributed by atoms with van der Waals surface area (Å²) in [6.45, 7) is 5.16. The van der Waals surface area contributed by atoms with Crippen LogP contribution in [0.15, 0.2) is 24.3 Å². The van der Waals surface area contributed by atoms with Crippen LogP contribution in [0.2, 0.25) is 0 Å². The Hall–Kier alpha value is -2.08. The summed E-state index contributed by atoms with van der Waals surface area (Å²) in [6, 6.07) is 7.20. The number of ether oxygens (including phenoxy) is 1. The minimum Gasteiger partial charge on any atom is -0.383 e. The molecule has 1 aromatic rings. The summed E-state index contributed by atoms with van der Waals surface area (Å²) in [5, 5.41) is 8.63. The lowest BCUT2D eigenvalue weighted by Gasteiger charge is -2.12. The molecule has 1 unspecified atom stereocenters. The molecular formula is C16H25N3O3. The van der Waals surface area contributed by atoms with Crippen LogP contribution in [0.3, 0.4) is 0 Å². The predicted octanol–water partition coefficient (Wildman–Crippen LogP) is 1.39. The highest BCUT2D eigenvalue weighted by Gasteiger charge is 2.08. The van der Waals surface area contributed by atoms with Crippen molar-refractivity contribution in [3.8, 4) is 0 Å². The molecule has 0 saturated heterocycles. The summed E-state index contributed by atoms with van der Waals surface area (Å²) in [5.41, 5.74) is 1.40. The van der Waals surface area contributed by atoms with Crippen molar-refractivity contribution in [3.05, 3.63) is 29.8 Å². The van der Waals surface area contributed by atoms with Crippen molar-refractivity contribution >= 4 is 17.5 Å². The molecule has 0 fully saturated rings. The largest absolute Gasteiger partial charge is 0.383 e. The number of anilines is 1. The molecule has 0 radical (unpaired) electrons. The lowest BCUT2D eigenvalue weighted by Crippen LogP contribution is -2.32. The first-order valence-electron chi connectivity index (χ1n) is 7.47. The van der Waals surface area contributed by atoms with E-state index in [1.165, 1.54) is 0 Å². The fraction of sp³-hybridized carbons (Fsp3) is 0.500. The van der Waals surface area contributed by atoms with Gasteiger partial charge in [0.15, 0.2) is 0 Å². The van der Waals surface area contributed by atoms with Crippen molar-refractivity contribution < 1.29 is 14.3 Å². The van der Waals surface area contributed by atoms with Crippen LogP contribution in [0.4, 0.5) is 5.69 Å². The number of amides is 2. The fourth-order valence-corrected chi connectivity index (χ4v) is 1.69. The molecule has 1 rings (SSSR count). The summed E-state index contributed by atoms with van der Waals surface area (Å²) in [7, 11) is 1.59. The zero-order chi connectivity index (χ0) is 16.4. The molecule has 6 heteroatoms. The molecule has 3 N–H and O–H groups in total. The molecule has 0 aliphatic rings. The van der Waals surface area contributed by atoms with E-state index in [0.29, 0.717) is 18.7 Å². The first-order chi connectivity index (χ1) is 10.6. The summed E-state index contributed by atoms with van der Waals surface area (Å²) >= 11 is 0. The zero-order valence-corrected chi connectivity index (χ0v) is 13.4. The first kappa shape index (κ1) is 18.0. The van der Waals surface area contributed by atoms with Crippen LogP contribution in [-0.2, 0) is 9.53 Å². The summed E-state index contributed by atoms with van der Waals surface area (Å²) in [4.78, 5) is 23.5. The van der Waals surface area contributed by atoms with Gasteiger partial charge in [-0.1, -0.05) is 6.92 Å². The Kier molecular flexibility index (Phi) is 7.99. The van der Waals surface area contributed by atoms with Gasteiger partial charge in [-0.2, -0.15) is 0 Å². The Morgan fingerprint density at radius 2 is 1.91 bits per heavy atom. The Morgan fingerprint density at radius 1 is 1.23 bits per heavy atom. The highest BCUT2D eigenvalue weighted by Crippen LogP contribution is 2.09. The van der Waals surface area contributed by atoms with Crippen molar-refractivity contribution in [2.75, 3.05) is 32.1 Å². The molecule has 1 aromatic carbocycles. The minimum absolute atomic E-state index is 0.0850. The van der Waals surface area contributed by atoms with Crippen LogP contribution in [0, 0.1) is 0 Å². The molecule has 0 saturated carbocycles. The van der Waals surface area contributed by atoms with Gasteiger partial charge in [-0.05, 0) is 37.6 Å². The van der Waals surface area contributed by atoms with Crippen molar-refractivity contribution in [2.24, 2.45) is 0 Å². The van der Waals surface area contributed by atoms with Crippen LogP contribution in [-0.4, -0.2) is 44.7 Å². The summed E-state index contributed by atoms with van der Waals surface area (Å²) in [6.07, 6.45) is 0.892. The Balaban J connectivity index is 2.41. The van der Waals surface area contributed by atoms with E-state index in [0.717, 1.165) is 12.1 Å². The molecule has 0 spiro atoms. The maximum Gasteiger partial charge on any atom is 0.251 e. The van der Waals surface area contributed by atoms with E-state index >= 15 is 0 Å². The molecule has 0 bridgehead atoms. The van der Waals surface area contributed by atoms with Crippen LogP contribution in [0.5, 0.6) is 0 Å². The highest BCUT2D eigenvalue weighted by atomic mass is 16.5. The second kappa shape index (κ2) is 9.78. The smallest absolute Gasteiger partial charge is 0.251 e. The van der Waals surface area contributed by atoms with Gasteiger partial charge in [0.2, 0.25) is 5.91 Å². The lowest BCUT2D eigenvalue weighted by atomic mass is 10.1. The third kappa shape index (κ3) is 6.58. The van der Waals surface area contributed by atoms with Gasteiger partial charge in [-0.15, -0.1) is 0 Å². The molecular weight excluding hydrogens is 282 g/mol. The molecule has 122 valence electrons. The number of carbonyl (C=O) groups excluding carboxylic acids is 2.